The van der Waals surface area contributed by atoms with Gasteiger partial charge in [0.1, 0.15) is 0 Å². The first-order valence-electron chi connectivity index (χ1n) is 7.49. The summed E-state index contributed by atoms with van der Waals surface area (Å²) in [5, 5.41) is 3.29. The number of halogens is 1. The Morgan fingerprint density at radius 1 is 1.30 bits per heavy atom. The molecule has 4 heteroatoms. The molecule has 3 rings (SSSR count). The van der Waals surface area contributed by atoms with Gasteiger partial charge in [-0.05, 0) is 49.9 Å². The molecule has 2 saturated heterocycles. The van der Waals surface area contributed by atoms with Gasteiger partial charge in [-0.3, -0.25) is 4.79 Å². The van der Waals surface area contributed by atoms with Gasteiger partial charge in [0, 0.05) is 23.6 Å². The molecule has 1 aromatic carbocycles. The van der Waals surface area contributed by atoms with Crippen molar-refractivity contribution in [3.05, 3.63) is 34.3 Å². The van der Waals surface area contributed by atoms with E-state index in [0.29, 0.717) is 11.9 Å². The first kappa shape index (κ1) is 14.1. The van der Waals surface area contributed by atoms with E-state index < -0.39 is 0 Å². The Kier molecular flexibility index (Phi) is 4.41. The van der Waals surface area contributed by atoms with Crippen LogP contribution in [0.3, 0.4) is 0 Å². The number of hydrogen-bond donors (Lipinski definition) is 1. The summed E-state index contributed by atoms with van der Waals surface area (Å²) in [7, 11) is 0. The van der Waals surface area contributed by atoms with Gasteiger partial charge < -0.3 is 10.2 Å². The van der Waals surface area contributed by atoms with Gasteiger partial charge in [0.25, 0.3) is 0 Å². The molecule has 2 atom stereocenters. The van der Waals surface area contributed by atoms with Gasteiger partial charge in [-0.2, -0.15) is 0 Å². The standard InChI is InChI=1S/C16H21BrN2O/c17-14-5-3-12(4-6-14)10-15-2-1-9-19(15)16(20)13-7-8-18-11-13/h3-6,13,15,18H,1-2,7-11H2/t13-,15+/m0/s1. The molecule has 0 bridgehead atoms. The Balaban J connectivity index is 1.65. The van der Waals surface area contributed by atoms with Gasteiger partial charge in [0.15, 0.2) is 0 Å². The fraction of sp³-hybridized carbons (Fsp3) is 0.562. The Bertz CT molecular complexity index is 468. The van der Waals surface area contributed by atoms with Gasteiger partial charge in [0.2, 0.25) is 5.91 Å². The number of hydrogen-bond acceptors (Lipinski definition) is 2. The summed E-state index contributed by atoms with van der Waals surface area (Å²) in [6.45, 7) is 2.79. The summed E-state index contributed by atoms with van der Waals surface area (Å²) in [6, 6.07) is 8.86. The van der Waals surface area contributed by atoms with Crippen molar-refractivity contribution in [3.8, 4) is 0 Å². The molecule has 3 nitrogen and oxygen atoms in total. The van der Waals surface area contributed by atoms with Crippen LogP contribution in [0.1, 0.15) is 24.8 Å². The Morgan fingerprint density at radius 2 is 2.10 bits per heavy atom. The van der Waals surface area contributed by atoms with Gasteiger partial charge in [-0.15, -0.1) is 0 Å². The monoisotopic (exact) mass is 336 g/mol. The van der Waals surface area contributed by atoms with E-state index in [0.717, 1.165) is 49.8 Å². The Morgan fingerprint density at radius 3 is 2.80 bits per heavy atom. The predicted molar refractivity (Wildman–Crippen MR) is 83.6 cm³/mol. The number of benzene rings is 1. The second-order valence-corrected chi connectivity index (χ2v) is 6.76. The molecule has 0 spiro atoms. The molecule has 1 aromatic rings. The van der Waals surface area contributed by atoms with E-state index >= 15 is 0 Å². The molecule has 2 aliphatic heterocycles. The molecule has 0 unspecified atom stereocenters. The fourth-order valence-corrected chi connectivity index (χ4v) is 3.59. The topological polar surface area (TPSA) is 32.3 Å². The number of nitrogens with zero attached hydrogens (tertiary/aromatic N) is 1. The third-order valence-corrected chi connectivity index (χ3v) is 4.98. The van der Waals surface area contributed by atoms with Crippen LogP contribution in [0, 0.1) is 5.92 Å². The quantitative estimate of drug-likeness (QED) is 0.920. The lowest BCUT2D eigenvalue weighted by Gasteiger charge is -2.27. The first-order chi connectivity index (χ1) is 9.74. The molecular weight excluding hydrogens is 316 g/mol. The van der Waals surface area contributed by atoms with Gasteiger partial charge >= 0.3 is 0 Å². The van der Waals surface area contributed by atoms with Crippen molar-refractivity contribution >= 4 is 21.8 Å². The number of amides is 1. The van der Waals surface area contributed by atoms with E-state index in [-0.39, 0.29) is 5.92 Å². The summed E-state index contributed by atoms with van der Waals surface area (Å²) in [4.78, 5) is 14.7. The van der Waals surface area contributed by atoms with Crippen LogP contribution in [0.25, 0.3) is 0 Å². The van der Waals surface area contributed by atoms with Crippen LogP contribution in [-0.4, -0.2) is 36.5 Å². The van der Waals surface area contributed by atoms with Crippen molar-refractivity contribution in [3.63, 3.8) is 0 Å². The third-order valence-electron chi connectivity index (χ3n) is 4.45. The van der Waals surface area contributed by atoms with Crippen LogP contribution in [0.15, 0.2) is 28.7 Å². The normalized spacial score (nSPS) is 26.1. The number of likely N-dealkylation sites (tertiary alicyclic amines) is 1. The van der Waals surface area contributed by atoms with Crippen molar-refractivity contribution in [2.24, 2.45) is 5.92 Å². The average Bonchev–Trinajstić information content (AvgIpc) is 3.12. The summed E-state index contributed by atoms with van der Waals surface area (Å²) in [5.41, 5.74) is 1.32. The second-order valence-electron chi connectivity index (χ2n) is 5.85. The molecule has 1 N–H and O–H groups in total. The molecule has 2 heterocycles. The first-order valence-corrected chi connectivity index (χ1v) is 8.29. The zero-order valence-electron chi connectivity index (χ0n) is 11.6. The molecule has 0 radical (unpaired) electrons. The maximum Gasteiger partial charge on any atom is 0.227 e. The van der Waals surface area contributed by atoms with E-state index in [9.17, 15) is 4.79 Å². The lowest BCUT2D eigenvalue weighted by atomic mass is 10.0. The second kappa shape index (κ2) is 6.27. The van der Waals surface area contributed by atoms with E-state index in [2.05, 4.69) is 50.4 Å². The van der Waals surface area contributed by atoms with Crippen LogP contribution >= 0.6 is 15.9 Å². The minimum absolute atomic E-state index is 0.209. The zero-order valence-corrected chi connectivity index (χ0v) is 13.2. The lowest BCUT2D eigenvalue weighted by Crippen LogP contribution is -2.41. The maximum absolute atomic E-state index is 12.6. The highest BCUT2D eigenvalue weighted by Gasteiger charge is 2.34. The largest absolute Gasteiger partial charge is 0.339 e. The average molecular weight is 337 g/mol. The molecule has 0 aliphatic carbocycles. The molecule has 0 aromatic heterocycles. The van der Waals surface area contributed by atoms with Crippen LogP contribution in [0.4, 0.5) is 0 Å². The van der Waals surface area contributed by atoms with Gasteiger partial charge in [-0.25, -0.2) is 0 Å². The molecule has 20 heavy (non-hydrogen) atoms. The maximum atomic E-state index is 12.6. The van der Waals surface area contributed by atoms with Gasteiger partial charge in [0.05, 0.1) is 5.92 Å². The summed E-state index contributed by atoms with van der Waals surface area (Å²) >= 11 is 3.47. The minimum atomic E-state index is 0.209. The van der Waals surface area contributed by atoms with Crippen molar-refractivity contribution in [2.75, 3.05) is 19.6 Å². The van der Waals surface area contributed by atoms with Crippen LogP contribution in [0.2, 0.25) is 0 Å². The Hall–Kier alpha value is -0.870. The van der Waals surface area contributed by atoms with Crippen molar-refractivity contribution in [2.45, 2.75) is 31.7 Å². The Labute approximate surface area is 128 Å². The summed E-state index contributed by atoms with van der Waals surface area (Å²) in [6.07, 6.45) is 4.27. The molecule has 108 valence electrons. The summed E-state index contributed by atoms with van der Waals surface area (Å²) < 4.78 is 1.11. The SMILES string of the molecule is O=C([C@H]1CCNC1)N1CCC[C@@H]1Cc1ccc(Br)cc1. The predicted octanol–water partition coefficient (Wildman–Crippen LogP) is 2.59. The summed E-state index contributed by atoms with van der Waals surface area (Å²) in [5.74, 6) is 0.579. The molecular formula is C16H21BrN2O. The highest BCUT2D eigenvalue weighted by Crippen LogP contribution is 2.25. The highest BCUT2D eigenvalue weighted by atomic mass is 79.9. The van der Waals surface area contributed by atoms with Crippen LogP contribution in [-0.2, 0) is 11.2 Å². The van der Waals surface area contributed by atoms with E-state index in [1.165, 1.54) is 5.56 Å². The van der Waals surface area contributed by atoms with Gasteiger partial charge in [-0.1, -0.05) is 28.1 Å². The highest BCUT2D eigenvalue weighted by molar-refractivity contribution is 9.10. The molecule has 2 aliphatic rings. The van der Waals surface area contributed by atoms with E-state index in [4.69, 9.17) is 0 Å². The smallest absolute Gasteiger partial charge is 0.227 e. The number of carbonyl (C=O) groups is 1. The fourth-order valence-electron chi connectivity index (χ4n) is 3.33. The molecule has 0 saturated carbocycles. The van der Waals surface area contributed by atoms with E-state index in [1.54, 1.807) is 0 Å². The van der Waals surface area contributed by atoms with Crippen LogP contribution < -0.4 is 5.32 Å². The number of carbonyl (C=O) groups excluding carboxylic acids is 1. The lowest BCUT2D eigenvalue weighted by molar-refractivity contribution is -0.135. The zero-order chi connectivity index (χ0) is 13.9. The number of nitrogens with one attached hydrogen (secondary N) is 1. The van der Waals surface area contributed by atoms with Crippen molar-refractivity contribution in [1.29, 1.82) is 0 Å². The molecule has 1 amide bonds. The minimum Gasteiger partial charge on any atom is -0.339 e. The van der Waals surface area contributed by atoms with Crippen molar-refractivity contribution < 1.29 is 4.79 Å². The number of rotatable bonds is 3. The van der Waals surface area contributed by atoms with Crippen molar-refractivity contribution in [1.82, 2.24) is 10.2 Å². The molecule has 2 fully saturated rings. The van der Waals surface area contributed by atoms with Crippen LogP contribution in [0.5, 0.6) is 0 Å². The van der Waals surface area contributed by atoms with E-state index in [1.807, 2.05) is 0 Å². The third kappa shape index (κ3) is 3.07.